The summed E-state index contributed by atoms with van der Waals surface area (Å²) in [5, 5.41) is 11.2. The number of aryl methyl sites for hydroxylation is 2. The third-order valence-electron chi connectivity index (χ3n) is 5.74. The van der Waals surface area contributed by atoms with Crippen molar-refractivity contribution in [2.75, 3.05) is 18.0 Å². The lowest BCUT2D eigenvalue weighted by Gasteiger charge is -2.33. The van der Waals surface area contributed by atoms with Gasteiger partial charge in [-0.15, -0.1) is 5.10 Å². The van der Waals surface area contributed by atoms with E-state index in [4.69, 9.17) is 0 Å². The smallest absolute Gasteiger partial charge is 0.256 e. The highest BCUT2D eigenvalue weighted by Crippen LogP contribution is 2.29. The van der Waals surface area contributed by atoms with Crippen molar-refractivity contribution in [1.82, 2.24) is 19.7 Å². The summed E-state index contributed by atoms with van der Waals surface area (Å²) in [5.41, 5.74) is 2.61. The molecule has 0 bridgehead atoms. The Kier molecular flexibility index (Phi) is 4.64. The Morgan fingerprint density at radius 1 is 1.00 bits per heavy atom. The first-order chi connectivity index (χ1) is 13.0. The van der Waals surface area contributed by atoms with Gasteiger partial charge in [-0.25, -0.2) is 4.98 Å². The van der Waals surface area contributed by atoms with Gasteiger partial charge in [0.05, 0.1) is 12.0 Å². The van der Waals surface area contributed by atoms with Crippen LogP contribution in [0.1, 0.15) is 29.8 Å². The number of fused-ring (bicyclic) bond motifs is 1. The molecule has 0 unspecified atom stereocenters. The molecule has 1 aliphatic heterocycles. The van der Waals surface area contributed by atoms with Crippen molar-refractivity contribution in [2.24, 2.45) is 5.92 Å². The largest absolute Gasteiger partial charge is 0.355 e. The summed E-state index contributed by atoms with van der Waals surface area (Å²) < 4.78 is 1.77. The summed E-state index contributed by atoms with van der Waals surface area (Å²) in [7, 11) is 0. The lowest BCUT2D eigenvalue weighted by atomic mass is 9.96. The van der Waals surface area contributed by atoms with E-state index in [1.807, 2.05) is 26.8 Å². The van der Waals surface area contributed by atoms with Crippen molar-refractivity contribution >= 4 is 16.6 Å². The highest BCUT2D eigenvalue weighted by atomic mass is 16.1. The summed E-state index contributed by atoms with van der Waals surface area (Å²) in [4.78, 5) is 19.1. The standard InChI is InChI=1S/C21H25N5O/c1-14-15(2)22-13-26(21(14)27)12-17-8-10-25(11-9-17)20-19-7-5-4-6-18(19)16(3)23-24-20/h4-7,13,17H,8-12H2,1-3H3. The van der Waals surface area contributed by atoms with Crippen molar-refractivity contribution < 1.29 is 0 Å². The highest BCUT2D eigenvalue weighted by Gasteiger charge is 2.23. The molecular weight excluding hydrogens is 338 g/mol. The molecule has 4 rings (SSSR count). The molecule has 1 aromatic carbocycles. The number of rotatable bonds is 3. The number of hydrogen-bond donors (Lipinski definition) is 0. The van der Waals surface area contributed by atoms with Crippen LogP contribution in [0, 0.1) is 26.7 Å². The minimum Gasteiger partial charge on any atom is -0.355 e. The predicted molar refractivity (Wildman–Crippen MR) is 107 cm³/mol. The second-order valence-corrected chi connectivity index (χ2v) is 7.50. The Labute approximate surface area is 158 Å². The van der Waals surface area contributed by atoms with Gasteiger partial charge in [-0.1, -0.05) is 24.3 Å². The number of aromatic nitrogens is 4. The van der Waals surface area contributed by atoms with Gasteiger partial charge in [0, 0.05) is 41.7 Å². The van der Waals surface area contributed by atoms with Crippen LogP contribution in [0.5, 0.6) is 0 Å². The van der Waals surface area contributed by atoms with Crippen LogP contribution >= 0.6 is 0 Å². The highest BCUT2D eigenvalue weighted by molar-refractivity contribution is 5.93. The van der Waals surface area contributed by atoms with Gasteiger partial charge in [0.2, 0.25) is 0 Å². The van der Waals surface area contributed by atoms with Crippen LogP contribution in [0.2, 0.25) is 0 Å². The monoisotopic (exact) mass is 363 g/mol. The Bertz CT molecular complexity index is 1030. The molecule has 2 aromatic heterocycles. The van der Waals surface area contributed by atoms with E-state index < -0.39 is 0 Å². The van der Waals surface area contributed by atoms with Gasteiger partial charge in [-0.3, -0.25) is 9.36 Å². The van der Waals surface area contributed by atoms with Crippen molar-refractivity contribution in [3.8, 4) is 0 Å². The first-order valence-corrected chi connectivity index (χ1v) is 9.54. The van der Waals surface area contributed by atoms with Crippen LogP contribution in [0.25, 0.3) is 10.8 Å². The van der Waals surface area contributed by atoms with Gasteiger partial charge in [-0.05, 0) is 39.5 Å². The number of piperidine rings is 1. The Morgan fingerprint density at radius 2 is 1.70 bits per heavy atom. The molecule has 1 fully saturated rings. The lowest BCUT2D eigenvalue weighted by Crippen LogP contribution is -2.37. The fourth-order valence-electron chi connectivity index (χ4n) is 3.87. The van der Waals surface area contributed by atoms with Gasteiger partial charge in [-0.2, -0.15) is 5.10 Å². The topological polar surface area (TPSA) is 63.9 Å². The second-order valence-electron chi connectivity index (χ2n) is 7.50. The molecule has 0 spiro atoms. The molecule has 6 nitrogen and oxygen atoms in total. The molecule has 0 amide bonds. The Morgan fingerprint density at radius 3 is 2.44 bits per heavy atom. The molecule has 0 N–H and O–H groups in total. The van der Waals surface area contributed by atoms with E-state index in [-0.39, 0.29) is 5.56 Å². The van der Waals surface area contributed by atoms with Gasteiger partial charge >= 0.3 is 0 Å². The van der Waals surface area contributed by atoms with E-state index in [1.54, 1.807) is 10.9 Å². The zero-order valence-electron chi connectivity index (χ0n) is 16.1. The van der Waals surface area contributed by atoms with Crippen LogP contribution in [0.3, 0.4) is 0 Å². The minimum absolute atomic E-state index is 0.0836. The van der Waals surface area contributed by atoms with E-state index in [2.05, 4.69) is 38.3 Å². The van der Waals surface area contributed by atoms with Crippen molar-refractivity contribution in [2.45, 2.75) is 40.2 Å². The van der Waals surface area contributed by atoms with Crippen molar-refractivity contribution in [3.05, 3.63) is 57.9 Å². The third-order valence-corrected chi connectivity index (χ3v) is 5.74. The average Bonchev–Trinajstić information content (AvgIpc) is 2.70. The number of benzene rings is 1. The predicted octanol–water partition coefficient (Wildman–Crippen LogP) is 3.03. The normalized spacial score (nSPS) is 15.4. The number of nitrogens with zero attached hydrogens (tertiary/aromatic N) is 5. The number of anilines is 1. The average molecular weight is 363 g/mol. The maximum atomic E-state index is 12.4. The summed E-state index contributed by atoms with van der Waals surface area (Å²) in [6, 6.07) is 8.33. The zero-order valence-corrected chi connectivity index (χ0v) is 16.1. The first-order valence-electron chi connectivity index (χ1n) is 9.54. The molecule has 0 radical (unpaired) electrons. The molecule has 1 saturated heterocycles. The summed E-state index contributed by atoms with van der Waals surface area (Å²) in [6.45, 7) is 8.33. The van der Waals surface area contributed by atoms with Gasteiger partial charge < -0.3 is 4.90 Å². The second kappa shape index (κ2) is 7.10. The van der Waals surface area contributed by atoms with E-state index in [1.165, 1.54) is 0 Å². The van der Waals surface area contributed by atoms with Gasteiger partial charge in [0.1, 0.15) is 0 Å². The van der Waals surface area contributed by atoms with Crippen LogP contribution in [0.15, 0.2) is 35.4 Å². The Hall–Kier alpha value is -2.76. The molecule has 6 heteroatoms. The number of hydrogen-bond acceptors (Lipinski definition) is 5. The summed E-state index contributed by atoms with van der Waals surface area (Å²) >= 11 is 0. The lowest BCUT2D eigenvalue weighted by molar-refractivity contribution is 0.349. The van der Waals surface area contributed by atoms with E-state index in [0.717, 1.165) is 66.0 Å². The van der Waals surface area contributed by atoms with Crippen molar-refractivity contribution in [1.29, 1.82) is 0 Å². The molecule has 27 heavy (non-hydrogen) atoms. The molecule has 140 valence electrons. The maximum absolute atomic E-state index is 12.4. The summed E-state index contributed by atoms with van der Waals surface area (Å²) in [5.74, 6) is 1.45. The summed E-state index contributed by atoms with van der Waals surface area (Å²) in [6.07, 6.45) is 3.75. The van der Waals surface area contributed by atoms with E-state index in [0.29, 0.717) is 5.92 Å². The molecule has 3 heterocycles. The minimum atomic E-state index is 0.0836. The van der Waals surface area contributed by atoms with Crippen LogP contribution in [0.4, 0.5) is 5.82 Å². The first kappa shape index (κ1) is 17.6. The molecule has 0 saturated carbocycles. The SMILES string of the molecule is Cc1ncn(CC2CCN(c3nnc(C)c4ccccc34)CC2)c(=O)c1C. The van der Waals surface area contributed by atoms with Crippen LogP contribution in [-0.4, -0.2) is 32.8 Å². The van der Waals surface area contributed by atoms with Gasteiger partial charge in [0.15, 0.2) is 5.82 Å². The van der Waals surface area contributed by atoms with E-state index >= 15 is 0 Å². The van der Waals surface area contributed by atoms with Crippen LogP contribution in [-0.2, 0) is 6.54 Å². The quantitative estimate of drug-likeness (QED) is 0.716. The zero-order chi connectivity index (χ0) is 19.0. The van der Waals surface area contributed by atoms with Gasteiger partial charge in [0.25, 0.3) is 5.56 Å². The fourth-order valence-corrected chi connectivity index (χ4v) is 3.87. The molecule has 0 aliphatic carbocycles. The van der Waals surface area contributed by atoms with Crippen molar-refractivity contribution in [3.63, 3.8) is 0 Å². The molecule has 1 aliphatic rings. The Balaban J connectivity index is 1.49. The molecular formula is C21H25N5O. The maximum Gasteiger partial charge on any atom is 0.256 e. The van der Waals surface area contributed by atoms with E-state index in [9.17, 15) is 4.79 Å². The fraction of sp³-hybridized carbons (Fsp3) is 0.429. The van der Waals surface area contributed by atoms with Crippen LogP contribution < -0.4 is 10.5 Å². The molecule has 0 atom stereocenters. The third kappa shape index (κ3) is 3.31. The molecule has 3 aromatic rings.